The van der Waals surface area contributed by atoms with E-state index < -0.39 is 0 Å². The molecule has 0 N–H and O–H groups in total. The summed E-state index contributed by atoms with van der Waals surface area (Å²) in [7, 11) is 0. The second kappa shape index (κ2) is 5.40. The summed E-state index contributed by atoms with van der Waals surface area (Å²) in [5.74, 6) is 1.11. The van der Waals surface area contributed by atoms with E-state index in [0.29, 0.717) is 10.9 Å². The molecule has 3 rings (SSSR count). The van der Waals surface area contributed by atoms with Gasteiger partial charge in [0.1, 0.15) is 5.82 Å². The molecular weight excluding hydrogens is 359 g/mol. The number of aryl methyl sites for hydroxylation is 1. The van der Waals surface area contributed by atoms with Crippen molar-refractivity contribution in [1.82, 2.24) is 9.55 Å². The Hall–Kier alpha value is -1.03. The quantitative estimate of drug-likeness (QED) is 0.546. The Kier molecular flexibility index (Phi) is 3.76. The fourth-order valence-corrected chi connectivity index (χ4v) is 2.98. The third kappa shape index (κ3) is 2.34. The van der Waals surface area contributed by atoms with Gasteiger partial charge in [0.05, 0.1) is 27.6 Å². The average Bonchev–Trinajstić information content (AvgIpc) is 2.79. The number of imidazole rings is 1. The maximum atomic E-state index is 6.34. The Morgan fingerprint density at radius 1 is 1.20 bits per heavy atom. The van der Waals surface area contributed by atoms with Gasteiger partial charge in [0.25, 0.3) is 0 Å². The minimum absolute atomic E-state index is 0.330. The second-order valence-electron chi connectivity index (χ2n) is 4.58. The second-order valence-corrected chi connectivity index (χ2v) is 6.18. The SMILES string of the molecule is Cc1ccc2nc(CCl)n(-c3cc(Br)ccc3Cl)c2c1. The highest BCUT2D eigenvalue weighted by Gasteiger charge is 2.14. The molecule has 0 aliphatic rings. The minimum atomic E-state index is 0.330. The Labute approximate surface area is 135 Å². The van der Waals surface area contributed by atoms with Crippen molar-refractivity contribution in [3.8, 4) is 5.69 Å². The molecule has 0 amide bonds. The van der Waals surface area contributed by atoms with E-state index in [1.807, 2.05) is 34.9 Å². The molecule has 0 radical (unpaired) electrons. The monoisotopic (exact) mass is 368 g/mol. The molecule has 0 aliphatic heterocycles. The van der Waals surface area contributed by atoms with Crippen LogP contribution in [0, 0.1) is 6.92 Å². The molecule has 0 saturated heterocycles. The van der Waals surface area contributed by atoms with E-state index in [1.165, 1.54) is 5.56 Å². The van der Waals surface area contributed by atoms with Gasteiger partial charge in [-0.25, -0.2) is 4.98 Å². The van der Waals surface area contributed by atoms with Crippen molar-refractivity contribution in [3.05, 3.63) is 57.3 Å². The van der Waals surface area contributed by atoms with Crippen molar-refractivity contribution in [2.24, 2.45) is 0 Å². The summed E-state index contributed by atoms with van der Waals surface area (Å²) >= 11 is 15.9. The molecule has 0 saturated carbocycles. The number of alkyl halides is 1. The molecule has 0 spiro atoms. The Bertz CT molecular complexity index is 796. The van der Waals surface area contributed by atoms with Crippen LogP contribution in [0.15, 0.2) is 40.9 Å². The number of hydrogen-bond donors (Lipinski definition) is 0. The molecule has 2 nitrogen and oxygen atoms in total. The van der Waals surface area contributed by atoms with E-state index in [2.05, 4.69) is 33.9 Å². The highest BCUT2D eigenvalue weighted by molar-refractivity contribution is 9.10. The Balaban J connectivity index is 2.39. The number of aromatic nitrogens is 2. The van der Waals surface area contributed by atoms with Crippen LogP contribution in [-0.4, -0.2) is 9.55 Å². The lowest BCUT2D eigenvalue weighted by atomic mass is 10.2. The van der Waals surface area contributed by atoms with Gasteiger partial charge in [-0.05, 0) is 42.8 Å². The van der Waals surface area contributed by atoms with Crippen molar-refractivity contribution in [2.75, 3.05) is 0 Å². The van der Waals surface area contributed by atoms with Crippen molar-refractivity contribution >= 4 is 50.2 Å². The summed E-state index contributed by atoms with van der Waals surface area (Å²) in [4.78, 5) is 4.58. The zero-order valence-electron chi connectivity index (χ0n) is 10.7. The summed E-state index contributed by atoms with van der Waals surface area (Å²) in [6, 6.07) is 11.9. The zero-order chi connectivity index (χ0) is 14.3. The molecule has 0 atom stereocenters. The van der Waals surface area contributed by atoms with Crippen molar-refractivity contribution in [2.45, 2.75) is 12.8 Å². The number of rotatable bonds is 2. The highest BCUT2D eigenvalue weighted by Crippen LogP contribution is 2.30. The van der Waals surface area contributed by atoms with Gasteiger partial charge in [0.2, 0.25) is 0 Å². The van der Waals surface area contributed by atoms with Crippen LogP contribution in [0.3, 0.4) is 0 Å². The molecule has 0 unspecified atom stereocenters. The summed E-state index contributed by atoms with van der Waals surface area (Å²) in [5.41, 5.74) is 3.98. The number of nitrogens with zero attached hydrogens (tertiary/aromatic N) is 2. The van der Waals surface area contributed by atoms with Crippen LogP contribution in [0.1, 0.15) is 11.4 Å². The van der Waals surface area contributed by atoms with Crippen LogP contribution in [0.25, 0.3) is 16.7 Å². The van der Waals surface area contributed by atoms with E-state index in [1.54, 1.807) is 0 Å². The summed E-state index contributed by atoms with van der Waals surface area (Å²) in [6.07, 6.45) is 0. The molecule has 20 heavy (non-hydrogen) atoms. The number of benzene rings is 2. The molecule has 3 aromatic rings. The van der Waals surface area contributed by atoms with Crippen LogP contribution in [0.5, 0.6) is 0 Å². The fraction of sp³-hybridized carbons (Fsp3) is 0.133. The predicted octanol–water partition coefficient (Wildman–Crippen LogP) is 5.49. The van der Waals surface area contributed by atoms with E-state index in [-0.39, 0.29) is 0 Å². The Morgan fingerprint density at radius 3 is 2.75 bits per heavy atom. The fourth-order valence-electron chi connectivity index (χ4n) is 2.25. The standard InChI is InChI=1S/C15H11BrCl2N2/c1-9-2-5-12-14(6-9)20(15(8-17)19-12)13-7-10(16)3-4-11(13)18/h2-7H,8H2,1H3. The zero-order valence-corrected chi connectivity index (χ0v) is 13.8. The van der Waals surface area contributed by atoms with Gasteiger partial charge in [0.15, 0.2) is 0 Å². The maximum Gasteiger partial charge on any atom is 0.129 e. The van der Waals surface area contributed by atoms with E-state index >= 15 is 0 Å². The predicted molar refractivity (Wildman–Crippen MR) is 88.1 cm³/mol. The van der Waals surface area contributed by atoms with Gasteiger partial charge in [-0.15, -0.1) is 11.6 Å². The van der Waals surface area contributed by atoms with Crippen molar-refractivity contribution in [1.29, 1.82) is 0 Å². The van der Waals surface area contributed by atoms with Crippen LogP contribution < -0.4 is 0 Å². The summed E-state index contributed by atoms with van der Waals surface area (Å²) < 4.78 is 2.98. The van der Waals surface area contributed by atoms with Crippen molar-refractivity contribution in [3.63, 3.8) is 0 Å². The molecule has 2 aromatic carbocycles. The molecule has 0 bridgehead atoms. The number of halogens is 3. The lowest BCUT2D eigenvalue weighted by Crippen LogP contribution is -2.00. The molecule has 1 aromatic heterocycles. The van der Waals surface area contributed by atoms with Gasteiger partial charge in [-0.2, -0.15) is 0 Å². The Morgan fingerprint density at radius 2 is 2.00 bits per heavy atom. The molecule has 5 heteroatoms. The average molecular weight is 370 g/mol. The van der Waals surface area contributed by atoms with Crippen LogP contribution in [0.2, 0.25) is 5.02 Å². The van der Waals surface area contributed by atoms with E-state index in [4.69, 9.17) is 23.2 Å². The molecular formula is C15H11BrCl2N2. The minimum Gasteiger partial charge on any atom is -0.294 e. The lowest BCUT2D eigenvalue weighted by Gasteiger charge is -2.10. The van der Waals surface area contributed by atoms with Crippen LogP contribution in [0.4, 0.5) is 0 Å². The smallest absolute Gasteiger partial charge is 0.129 e. The van der Waals surface area contributed by atoms with Gasteiger partial charge in [-0.3, -0.25) is 4.57 Å². The summed E-state index contributed by atoms with van der Waals surface area (Å²) in [5, 5.41) is 0.667. The maximum absolute atomic E-state index is 6.34. The first-order valence-corrected chi connectivity index (χ1v) is 7.80. The highest BCUT2D eigenvalue weighted by atomic mass is 79.9. The largest absolute Gasteiger partial charge is 0.294 e. The molecule has 102 valence electrons. The first kappa shape index (κ1) is 13.9. The topological polar surface area (TPSA) is 17.8 Å². The number of hydrogen-bond acceptors (Lipinski definition) is 1. The normalized spacial score (nSPS) is 11.2. The van der Waals surface area contributed by atoms with Crippen molar-refractivity contribution < 1.29 is 0 Å². The van der Waals surface area contributed by atoms with Gasteiger partial charge in [-0.1, -0.05) is 33.6 Å². The van der Waals surface area contributed by atoms with Crippen LogP contribution in [-0.2, 0) is 5.88 Å². The first-order valence-electron chi connectivity index (χ1n) is 6.09. The van der Waals surface area contributed by atoms with E-state index in [0.717, 1.165) is 27.0 Å². The molecule has 0 fully saturated rings. The third-order valence-electron chi connectivity index (χ3n) is 3.15. The van der Waals surface area contributed by atoms with Crippen LogP contribution >= 0.6 is 39.1 Å². The summed E-state index contributed by atoms with van der Waals surface area (Å²) in [6.45, 7) is 2.06. The molecule has 0 aliphatic carbocycles. The first-order chi connectivity index (χ1) is 9.60. The van der Waals surface area contributed by atoms with Gasteiger partial charge in [0, 0.05) is 4.47 Å². The van der Waals surface area contributed by atoms with Gasteiger partial charge >= 0.3 is 0 Å². The van der Waals surface area contributed by atoms with Gasteiger partial charge < -0.3 is 0 Å². The third-order valence-corrected chi connectivity index (χ3v) is 4.20. The van der Waals surface area contributed by atoms with E-state index in [9.17, 15) is 0 Å². The lowest BCUT2D eigenvalue weighted by molar-refractivity contribution is 0.981. The number of fused-ring (bicyclic) bond motifs is 1. The molecule has 1 heterocycles.